The van der Waals surface area contributed by atoms with Gasteiger partial charge in [-0.05, 0) is 24.1 Å². The van der Waals surface area contributed by atoms with Gasteiger partial charge >= 0.3 is 0 Å². The number of hydrogen-bond acceptors (Lipinski definition) is 2. The van der Waals surface area contributed by atoms with Gasteiger partial charge < -0.3 is 4.74 Å². The number of fused-ring (bicyclic) bond motifs is 1. The fourth-order valence-electron chi connectivity index (χ4n) is 2.13. The van der Waals surface area contributed by atoms with Gasteiger partial charge in [0.25, 0.3) is 0 Å². The highest BCUT2D eigenvalue weighted by atomic mass is 16.5. The molecular weight excluding hydrogens is 187 g/mol. The summed E-state index contributed by atoms with van der Waals surface area (Å²) in [6.45, 7) is 3.89. The van der Waals surface area contributed by atoms with Gasteiger partial charge in [-0.1, -0.05) is 19.3 Å². The summed E-state index contributed by atoms with van der Waals surface area (Å²) in [5.74, 6) is 0.856. The number of benzene rings is 1. The molecular formula is C12H13BO2. The van der Waals surface area contributed by atoms with Crippen molar-refractivity contribution in [2.75, 3.05) is 7.11 Å². The second-order valence-corrected chi connectivity index (χ2v) is 4.64. The fourth-order valence-corrected chi connectivity index (χ4v) is 2.13. The quantitative estimate of drug-likeness (QED) is 0.637. The first-order valence-electron chi connectivity index (χ1n) is 4.97. The number of ether oxygens (including phenoxy) is 1. The number of hydrogen-bond donors (Lipinski definition) is 0. The Bertz CT molecular complexity index is 435. The molecule has 0 saturated heterocycles. The molecule has 76 valence electrons. The van der Waals surface area contributed by atoms with Crippen LogP contribution < -0.4 is 10.2 Å². The Kier molecular flexibility index (Phi) is 2.14. The van der Waals surface area contributed by atoms with Crippen LogP contribution in [0, 0.1) is 5.41 Å². The van der Waals surface area contributed by atoms with Crippen molar-refractivity contribution < 1.29 is 9.53 Å². The van der Waals surface area contributed by atoms with Gasteiger partial charge in [-0.15, -0.1) is 0 Å². The number of methoxy groups -OCH3 is 1. The predicted molar refractivity (Wildman–Crippen MR) is 60.2 cm³/mol. The largest absolute Gasteiger partial charge is 0.497 e. The molecule has 1 aromatic rings. The fraction of sp³-hybridized carbons (Fsp3) is 0.417. The molecule has 3 heteroatoms. The zero-order valence-corrected chi connectivity index (χ0v) is 9.26. The second-order valence-electron chi connectivity index (χ2n) is 4.64. The van der Waals surface area contributed by atoms with Gasteiger partial charge in [-0.25, -0.2) is 0 Å². The second kappa shape index (κ2) is 3.12. The Balaban J connectivity index is 2.60. The maximum absolute atomic E-state index is 12.0. The number of Topliss-reactive ketones (excluding diaryl/α,β-unsaturated/α-hetero) is 1. The molecule has 0 atom stereocenters. The van der Waals surface area contributed by atoms with E-state index >= 15 is 0 Å². The first-order valence-corrected chi connectivity index (χ1v) is 4.97. The lowest BCUT2D eigenvalue weighted by Gasteiger charge is -2.13. The topological polar surface area (TPSA) is 26.3 Å². The third-order valence-electron chi connectivity index (χ3n) is 2.93. The summed E-state index contributed by atoms with van der Waals surface area (Å²) in [7, 11) is 7.46. The lowest BCUT2D eigenvalue weighted by molar-refractivity contribution is 0.0864. The SMILES string of the molecule is [B]c1cc(OC)cc2c1C(=O)C(C)(C)C2. The molecule has 1 aliphatic carbocycles. The normalized spacial score (nSPS) is 17.7. The van der Waals surface area contributed by atoms with Crippen molar-refractivity contribution in [2.45, 2.75) is 20.3 Å². The van der Waals surface area contributed by atoms with Crippen LogP contribution in [0.5, 0.6) is 5.75 Å². The van der Waals surface area contributed by atoms with E-state index in [0.29, 0.717) is 11.0 Å². The minimum Gasteiger partial charge on any atom is -0.497 e. The van der Waals surface area contributed by atoms with Crippen molar-refractivity contribution in [2.24, 2.45) is 5.41 Å². The van der Waals surface area contributed by atoms with E-state index in [1.165, 1.54) is 0 Å². The van der Waals surface area contributed by atoms with Gasteiger partial charge in [0.05, 0.1) is 7.11 Å². The molecule has 2 nitrogen and oxygen atoms in total. The molecule has 0 unspecified atom stereocenters. The van der Waals surface area contributed by atoms with Crippen molar-refractivity contribution in [3.63, 3.8) is 0 Å². The summed E-state index contributed by atoms with van der Waals surface area (Å²) in [5, 5.41) is 0. The highest BCUT2D eigenvalue weighted by molar-refractivity contribution is 6.37. The summed E-state index contributed by atoms with van der Waals surface area (Å²) < 4.78 is 5.13. The highest BCUT2D eigenvalue weighted by Gasteiger charge is 2.38. The molecule has 2 radical (unpaired) electrons. The van der Waals surface area contributed by atoms with Crippen molar-refractivity contribution in [3.8, 4) is 5.75 Å². The lowest BCUT2D eigenvalue weighted by Crippen LogP contribution is -2.23. The van der Waals surface area contributed by atoms with E-state index in [-0.39, 0.29) is 11.2 Å². The van der Waals surface area contributed by atoms with Crippen molar-refractivity contribution in [1.29, 1.82) is 0 Å². The standard InChI is InChI=1S/C12H13BO2/c1-12(2)6-7-4-8(15-3)5-9(13)10(7)11(12)14/h4-5H,6H2,1-3H3. The Morgan fingerprint density at radius 2 is 2.07 bits per heavy atom. The van der Waals surface area contributed by atoms with Crippen molar-refractivity contribution >= 4 is 19.1 Å². The molecule has 2 rings (SSSR count). The van der Waals surface area contributed by atoms with Crippen LogP contribution in [-0.2, 0) is 6.42 Å². The molecule has 0 N–H and O–H groups in total. The lowest BCUT2D eigenvalue weighted by atomic mass is 9.85. The Morgan fingerprint density at radius 1 is 1.40 bits per heavy atom. The molecule has 0 saturated carbocycles. The maximum atomic E-state index is 12.0. The highest BCUT2D eigenvalue weighted by Crippen LogP contribution is 2.36. The minimum atomic E-state index is -0.331. The molecule has 0 spiro atoms. The van der Waals surface area contributed by atoms with Crippen LogP contribution in [0.2, 0.25) is 0 Å². The summed E-state index contributed by atoms with van der Waals surface area (Å²) in [6, 6.07) is 3.61. The molecule has 0 fully saturated rings. The van der Waals surface area contributed by atoms with Crippen molar-refractivity contribution in [1.82, 2.24) is 0 Å². The average Bonchev–Trinajstić information content (AvgIpc) is 2.37. The molecule has 15 heavy (non-hydrogen) atoms. The van der Waals surface area contributed by atoms with Gasteiger partial charge in [0.1, 0.15) is 13.6 Å². The van der Waals surface area contributed by atoms with E-state index in [4.69, 9.17) is 12.6 Å². The van der Waals surface area contributed by atoms with Gasteiger partial charge in [-0.2, -0.15) is 0 Å². The number of rotatable bonds is 1. The van der Waals surface area contributed by atoms with Crippen molar-refractivity contribution in [3.05, 3.63) is 23.3 Å². The van der Waals surface area contributed by atoms with E-state index in [2.05, 4.69) is 0 Å². The summed E-state index contributed by atoms with van der Waals surface area (Å²) in [6.07, 6.45) is 0.739. The zero-order chi connectivity index (χ0) is 11.2. The smallest absolute Gasteiger partial charge is 0.168 e. The van der Waals surface area contributed by atoms with E-state index in [9.17, 15) is 4.79 Å². The molecule has 0 aromatic heterocycles. The van der Waals surface area contributed by atoms with Crippen LogP contribution >= 0.6 is 0 Å². The van der Waals surface area contributed by atoms with Gasteiger partial charge in [0.2, 0.25) is 0 Å². The Hall–Kier alpha value is -1.25. The van der Waals surface area contributed by atoms with E-state index < -0.39 is 0 Å². The van der Waals surface area contributed by atoms with Gasteiger partial charge in [0, 0.05) is 11.0 Å². The zero-order valence-electron chi connectivity index (χ0n) is 9.26. The summed E-state index contributed by atoms with van der Waals surface area (Å²) in [5.41, 5.74) is 1.88. The monoisotopic (exact) mass is 200 g/mol. The Morgan fingerprint density at radius 3 is 2.67 bits per heavy atom. The van der Waals surface area contributed by atoms with E-state index in [1.807, 2.05) is 19.9 Å². The first-order chi connectivity index (χ1) is 6.95. The predicted octanol–water partition coefficient (Wildman–Crippen LogP) is 1.25. The van der Waals surface area contributed by atoms with Crippen LogP contribution in [0.15, 0.2) is 12.1 Å². The molecule has 0 heterocycles. The summed E-state index contributed by atoms with van der Waals surface area (Å²) in [4.78, 5) is 12.0. The summed E-state index contributed by atoms with van der Waals surface area (Å²) >= 11 is 0. The van der Waals surface area contributed by atoms with E-state index in [1.54, 1.807) is 13.2 Å². The number of carbonyl (C=O) groups excluding carboxylic acids is 1. The van der Waals surface area contributed by atoms with Crippen LogP contribution in [0.1, 0.15) is 29.8 Å². The molecule has 0 bridgehead atoms. The maximum Gasteiger partial charge on any atom is 0.168 e. The molecule has 1 aliphatic rings. The van der Waals surface area contributed by atoms with Crippen LogP contribution in [0.3, 0.4) is 0 Å². The van der Waals surface area contributed by atoms with Crippen LogP contribution in [0.4, 0.5) is 0 Å². The van der Waals surface area contributed by atoms with Gasteiger partial charge in [-0.3, -0.25) is 4.79 Å². The third kappa shape index (κ3) is 1.46. The molecule has 0 amide bonds. The van der Waals surface area contributed by atoms with Gasteiger partial charge in [0.15, 0.2) is 5.78 Å². The Labute approximate surface area is 91.0 Å². The van der Waals surface area contributed by atoms with E-state index in [0.717, 1.165) is 17.7 Å². The van der Waals surface area contributed by atoms with Crippen LogP contribution in [-0.4, -0.2) is 20.7 Å². The molecule has 0 aliphatic heterocycles. The third-order valence-corrected chi connectivity index (χ3v) is 2.93. The first kappa shape index (κ1) is 10.3. The molecule has 1 aromatic carbocycles. The minimum absolute atomic E-state index is 0.137. The average molecular weight is 200 g/mol. The van der Waals surface area contributed by atoms with Crippen LogP contribution in [0.25, 0.3) is 0 Å². The number of ketones is 1. The number of carbonyl (C=O) groups is 1.